The van der Waals surface area contributed by atoms with E-state index in [1.165, 1.54) is 17.2 Å². The molecule has 19 heavy (non-hydrogen) atoms. The van der Waals surface area contributed by atoms with E-state index in [0.29, 0.717) is 13.0 Å². The smallest absolute Gasteiger partial charge is 0.248 e. The molecular formula is C11H16N2O6. The van der Waals surface area contributed by atoms with E-state index < -0.39 is 36.3 Å². The highest BCUT2D eigenvalue weighted by atomic mass is 16.6. The molecule has 5 atom stereocenters. The van der Waals surface area contributed by atoms with Crippen molar-refractivity contribution in [3.63, 3.8) is 0 Å². The van der Waals surface area contributed by atoms with Crippen molar-refractivity contribution in [2.75, 3.05) is 13.2 Å². The quantitative estimate of drug-likeness (QED) is 0.438. The molecule has 2 fully saturated rings. The number of aliphatic hydroxyl groups excluding tert-OH is 3. The van der Waals surface area contributed by atoms with E-state index in [-0.39, 0.29) is 6.61 Å². The molecule has 3 aliphatic heterocycles. The summed E-state index contributed by atoms with van der Waals surface area (Å²) < 4.78 is 11.0. The lowest BCUT2D eigenvalue weighted by molar-refractivity contribution is -0.250. The minimum absolute atomic E-state index is 0.344. The molecule has 2 saturated heterocycles. The molecule has 0 radical (unpaired) electrons. The van der Waals surface area contributed by atoms with Crippen molar-refractivity contribution >= 4 is 5.91 Å². The van der Waals surface area contributed by atoms with E-state index >= 15 is 0 Å². The maximum absolute atomic E-state index is 11.1. The Morgan fingerprint density at radius 3 is 2.79 bits per heavy atom. The highest BCUT2D eigenvalue weighted by Gasteiger charge is 2.63. The number of carbonyl (C=O) groups is 1. The Morgan fingerprint density at radius 1 is 1.53 bits per heavy atom. The van der Waals surface area contributed by atoms with Crippen LogP contribution in [0.1, 0.15) is 6.42 Å². The molecule has 1 amide bonds. The molecule has 3 rings (SSSR count). The number of hydrogen-bond acceptors (Lipinski definition) is 7. The van der Waals surface area contributed by atoms with Crippen LogP contribution in [0.4, 0.5) is 0 Å². The van der Waals surface area contributed by atoms with Crippen LogP contribution in [0.5, 0.6) is 0 Å². The van der Waals surface area contributed by atoms with Crippen molar-refractivity contribution in [3.8, 4) is 0 Å². The van der Waals surface area contributed by atoms with E-state index in [0.717, 1.165) is 0 Å². The summed E-state index contributed by atoms with van der Waals surface area (Å²) in [6.45, 7) is 0.137. The van der Waals surface area contributed by atoms with Crippen LogP contribution >= 0.6 is 0 Å². The maximum atomic E-state index is 11.1. The Hall–Kier alpha value is -1.19. The van der Waals surface area contributed by atoms with E-state index in [2.05, 4.69) is 5.32 Å². The summed E-state index contributed by atoms with van der Waals surface area (Å²) in [4.78, 5) is 12.5. The molecule has 5 unspecified atom stereocenters. The first-order valence-electron chi connectivity index (χ1n) is 6.11. The monoisotopic (exact) mass is 272 g/mol. The van der Waals surface area contributed by atoms with Gasteiger partial charge in [-0.1, -0.05) is 0 Å². The second-order valence-electron chi connectivity index (χ2n) is 4.85. The minimum Gasteiger partial charge on any atom is -0.394 e. The van der Waals surface area contributed by atoms with Gasteiger partial charge < -0.3 is 35.0 Å². The van der Waals surface area contributed by atoms with Crippen LogP contribution in [-0.4, -0.2) is 69.7 Å². The first kappa shape index (κ1) is 12.8. The van der Waals surface area contributed by atoms with Crippen LogP contribution in [0.2, 0.25) is 0 Å². The molecule has 0 bridgehead atoms. The Morgan fingerprint density at radius 2 is 2.26 bits per heavy atom. The fourth-order valence-corrected chi connectivity index (χ4v) is 2.74. The number of nitrogens with one attached hydrogen (secondary N) is 1. The van der Waals surface area contributed by atoms with Crippen molar-refractivity contribution in [1.29, 1.82) is 0 Å². The number of amides is 1. The normalized spacial score (nSPS) is 45.4. The molecule has 0 aromatic rings. The Balaban J connectivity index is 1.87. The van der Waals surface area contributed by atoms with Gasteiger partial charge in [-0.3, -0.25) is 4.79 Å². The molecule has 8 heteroatoms. The number of nitrogens with zero attached hydrogens (tertiary/aromatic N) is 1. The van der Waals surface area contributed by atoms with Gasteiger partial charge in [0.05, 0.1) is 13.2 Å². The standard InChI is InChI=1S/C11H16N2O6/c14-5-6-8(16)11(2-4-18-11)9(19-6)13-3-1-7(15)12-10(13)17/h1,3,6,8-10,14,16-17H,2,4-5H2,(H,12,15). The molecule has 0 aliphatic carbocycles. The van der Waals surface area contributed by atoms with Crippen LogP contribution in [0.3, 0.4) is 0 Å². The molecule has 0 saturated carbocycles. The minimum atomic E-state index is -1.26. The van der Waals surface area contributed by atoms with Crippen molar-refractivity contribution < 1.29 is 29.6 Å². The van der Waals surface area contributed by atoms with Crippen LogP contribution in [0.25, 0.3) is 0 Å². The van der Waals surface area contributed by atoms with Gasteiger partial charge in [-0.05, 0) is 0 Å². The topological polar surface area (TPSA) is 111 Å². The lowest BCUT2D eigenvalue weighted by Crippen LogP contribution is -2.65. The Bertz CT molecular complexity index is 410. The lowest BCUT2D eigenvalue weighted by Gasteiger charge is -2.48. The Kier molecular flexibility index (Phi) is 2.99. The first-order valence-corrected chi connectivity index (χ1v) is 6.11. The van der Waals surface area contributed by atoms with Crippen molar-refractivity contribution in [1.82, 2.24) is 10.2 Å². The molecular weight excluding hydrogens is 256 g/mol. The van der Waals surface area contributed by atoms with E-state index in [1.54, 1.807) is 0 Å². The molecule has 106 valence electrons. The van der Waals surface area contributed by atoms with Gasteiger partial charge in [0, 0.05) is 18.7 Å². The van der Waals surface area contributed by atoms with E-state index in [1.807, 2.05) is 0 Å². The summed E-state index contributed by atoms with van der Waals surface area (Å²) in [5, 5.41) is 31.5. The molecule has 0 aromatic heterocycles. The molecule has 3 aliphatic rings. The second-order valence-corrected chi connectivity index (χ2v) is 4.85. The van der Waals surface area contributed by atoms with Crippen molar-refractivity contribution in [2.45, 2.75) is 36.8 Å². The van der Waals surface area contributed by atoms with E-state index in [9.17, 15) is 20.1 Å². The zero-order valence-corrected chi connectivity index (χ0v) is 10.1. The molecule has 0 aromatic carbocycles. The summed E-state index contributed by atoms with van der Waals surface area (Å²) in [6.07, 6.45) is -0.572. The van der Waals surface area contributed by atoms with Gasteiger partial charge >= 0.3 is 0 Å². The van der Waals surface area contributed by atoms with Crippen molar-refractivity contribution in [3.05, 3.63) is 12.3 Å². The highest BCUT2D eigenvalue weighted by molar-refractivity contribution is 5.88. The summed E-state index contributed by atoms with van der Waals surface area (Å²) in [6, 6.07) is 0. The van der Waals surface area contributed by atoms with Gasteiger partial charge in [0.1, 0.15) is 17.8 Å². The van der Waals surface area contributed by atoms with E-state index in [4.69, 9.17) is 9.47 Å². The summed E-state index contributed by atoms with van der Waals surface area (Å²) in [5.74, 6) is -0.412. The fourth-order valence-electron chi connectivity index (χ4n) is 2.74. The van der Waals surface area contributed by atoms with Gasteiger partial charge in [0.15, 0.2) is 6.23 Å². The fraction of sp³-hybridized carbons (Fsp3) is 0.727. The zero-order valence-electron chi connectivity index (χ0n) is 10.1. The maximum Gasteiger partial charge on any atom is 0.248 e. The van der Waals surface area contributed by atoms with Crippen LogP contribution in [-0.2, 0) is 14.3 Å². The molecule has 1 spiro atoms. The highest BCUT2D eigenvalue weighted by Crippen LogP contribution is 2.44. The van der Waals surface area contributed by atoms with Crippen molar-refractivity contribution in [2.24, 2.45) is 0 Å². The first-order chi connectivity index (χ1) is 9.08. The number of ether oxygens (including phenoxy) is 2. The van der Waals surface area contributed by atoms with Crippen LogP contribution in [0, 0.1) is 0 Å². The summed E-state index contributed by atoms with van der Waals surface area (Å²) in [5.41, 5.74) is -0.971. The predicted molar refractivity (Wildman–Crippen MR) is 60.2 cm³/mol. The summed E-state index contributed by atoms with van der Waals surface area (Å²) in [7, 11) is 0. The van der Waals surface area contributed by atoms with Gasteiger partial charge in [-0.2, -0.15) is 0 Å². The van der Waals surface area contributed by atoms with Gasteiger partial charge in [0.25, 0.3) is 0 Å². The number of rotatable bonds is 2. The number of carbonyl (C=O) groups excluding carboxylic acids is 1. The summed E-state index contributed by atoms with van der Waals surface area (Å²) >= 11 is 0. The zero-order chi connectivity index (χ0) is 13.6. The number of hydrogen-bond donors (Lipinski definition) is 4. The third-order valence-electron chi connectivity index (χ3n) is 3.84. The predicted octanol–water partition coefficient (Wildman–Crippen LogP) is -2.55. The molecule has 4 N–H and O–H groups in total. The third-order valence-corrected chi connectivity index (χ3v) is 3.84. The number of aliphatic hydroxyl groups is 3. The Labute approximate surface area is 109 Å². The third kappa shape index (κ3) is 1.76. The average molecular weight is 272 g/mol. The SMILES string of the molecule is O=C1C=CN(C2OC(CO)C(O)C23CCO3)C(O)N1. The largest absolute Gasteiger partial charge is 0.394 e. The molecule has 3 heterocycles. The average Bonchev–Trinajstić information content (AvgIpc) is 2.62. The van der Waals surface area contributed by atoms with Gasteiger partial charge in [-0.25, -0.2) is 0 Å². The second kappa shape index (κ2) is 4.43. The molecule has 8 nitrogen and oxygen atoms in total. The van der Waals surface area contributed by atoms with Gasteiger partial charge in [-0.15, -0.1) is 0 Å². The van der Waals surface area contributed by atoms with Gasteiger partial charge in [0.2, 0.25) is 12.3 Å². The van der Waals surface area contributed by atoms with Crippen LogP contribution in [0.15, 0.2) is 12.3 Å². The lowest BCUT2D eigenvalue weighted by atomic mass is 9.86. The van der Waals surface area contributed by atoms with Crippen LogP contribution < -0.4 is 5.32 Å².